The van der Waals surface area contributed by atoms with Gasteiger partial charge in [0.1, 0.15) is 5.75 Å². The summed E-state index contributed by atoms with van der Waals surface area (Å²) in [7, 11) is 1.57. The third-order valence-corrected chi connectivity index (χ3v) is 7.47. The van der Waals surface area contributed by atoms with Crippen molar-refractivity contribution in [3.8, 4) is 5.75 Å². The number of aliphatic hydroxyl groups excluding tert-OH is 1. The minimum atomic E-state index is -0.545. The van der Waals surface area contributed by atoms with Crippen molar-refractivity contribution in [1.82, 2.24) is 4.98 Å². The lowest BCUT2D eigenvalue weighted by molar-refractivity contribution is -0.117. The molecule has 1 aliphatic carbocycles. The molecule has 1 aliphatic heterocycles. The molecule has 7 heteroatoms. The van der Waals surface area contributed by atoms with E-state index in [1.807, 2.05) is 24.3 Å². The number of carbonyl (C=O) groups excluding carboxylic acids is 2. The van der Waals surface area contributed by atoms with Crippen molar-refractivity contribution in [2.75, 3.05) is 12.0 Å². The van der Waals surface area contributed by atoms with E-state index in [2.05, 4.69) is 4.98 Å². The summed E-state index contributed by atoms with van der Waals surface area (Å²) in [5, 5.41) is 11.4. The molecule has 0 bridgehead atoms. The number of nitrogens with zero attached hydrogens (tertiary/aromatic N) is 2. The molecule has 1 unspecified atom stereocenters. The monoisotopic (exact) mass is 448 g/mol. The molecule has 1 saturated carbocycles. The van der Waals surface area contributed by atoms with Gasteiger partial charge in [-0.3, -0.25) is 14.5 Å². The number of anilines is 1. The van der Waals surface area contributed by atoms with Crippen LogP contribution in [-0.2, 0) is 4.79 Å². The quantitative estimate of drug-likeness (QED) is 0.536. The minimum Gasteiger partial charge on any atom is -0.503 e. The fourth-order valence-electron chi connectivity index (χ4n) is 4.83. The van der Waals surface area contributed by atoms with Crippen LogP contribution in [0.2, 0.25) is 0 Å². The van der Waals surface area contributed by atoms with E-state index < -0.39 is 17.7 Å². The van der Waals surface area contributed by atoms with Gasteiger partial charge in [0.05, 0.1) is 28.9 Å². The van der Waals surface area contributed by atoms with Crippen molar-refractivity contribution in [3.05, 3.63) is 65.4 Å². The maximum atomic E-state index is 13.6. The van der Waals surface area contributed by atoms with Gasteiger partial charge < -0.3 is 9.84 Å². The van der Waals surface area contributed by atoms with Gasteiger partial charge in [-0.15, -0.1) is 0 Å². The molecule has 0 radical (unpaired) electrons. The fraction of sp³-hybridized carbons (Fsp3) is 0.320. The first kappa shape index (κ1) is 20.7. The van der Waals surface area contributed by atoms with Crippen LogP contribution >= 0.6 is 11.3 Å². The first-order chi connectivity index (χ1) is 15.6. The third-order valence-electron chi connectivity index (χ3n) is 6.43. The van der Waals surface area contributed by atoms with Crippen LogP contribution in [0.3, 0.4) is 0 Å². The Morgan fingerprint density at radius 1 is 1.09 bits per heavy atom. The number of methoxy groups -OCH3 is 1. The second kappa shape index (κ2) is 8.39. The predicted octanol–water partition coefficient (Wildman–Crippen LogP) is 5.30. The summed E-state index contributed by atoms with van der Waals surface area (Å²) in [6.45, 7) is 0. The first-order valence-electron chi connectivity index (χ1n) is 10.9. The molecular formula is C25H24N2O4S. The van der Waals surface area contributed by atoms with E-state index in [1.165, 1.54) is 11.3 Å². The van der Waals surface area contributed by atoms with E-state index in [4.69, 9.17) is 4.74 Å². The molecule has 1 atom stereocenters. The number of amides is 1. The molecule has 6 nitrogen and oxygen atoms in total. The number of carbonyl (C=O) groups is 2. The van der Waals surface area contributed by atoms with Gasteiger partial charge in [0, 0.05) is 5.56 Å². The highest BCUT2D eigenvalue weighted by Crippen LogP contribution is 2.43. The number of fused-ring (bicyclic) bond motifs is 1. The van der Waals surface area contributed by atoms with E-state index in [-0.39, 0.29) is 17.3 Å². The molecule has 2 aliphatic rings. The normalized spacial score (nSPS) is 19.7. The summed E-state index contributed by atoms with van der Waals surface area (Å²) >= 11 is 1.41. The molecule has 1 amide bonds. The summed E-state index contributed by atoms with van der Waals surface area (Å²) in [6, 6.07) is 14.0. The number of thiazole rings is 1. The second-order valence-electron chi connectivity index (χ2n) is 8.30. The SMILES string of the molecule is COc1ccc(C(=O)C2=C(O)C(=O)N(c3nc4ccccc4s3)C2C2CCCCC2)cc1. The zero-order valence-electron chi connectivity index (χ0n) is 17.8. The lowest BCUT2D eigenvalue weighted by atomic mass is 9.79. The van der Waals surface area contributed by atoms with E-state index in [9.17, 15) is 14.7 Å². The number of ether oxygens (including phenoxy) is 1. The van der Waals surface area contributed by atoms with Crippen LogP contribution in [0.25, 0.3) is 10.2 Å². The molecule has 2 aromatic carbocycles. The number of hydrogen-bond donors (Lipinski definition) is 1. The number of para-hydroxylation sites is 1. The molecule has 0 saturated heterocycles. The van der Waals surface area contributed by atoms with E-state index >= 15 is 0 Å². The molecule has 5 rings (SSSR count). The standard InChI is InChI=1S/C25H24N2O4S/c1-31-17-13-11-16(12-14-17)22(28)20-21(15-7-3-2-4-8-15)27(24(30)23(20)29)25-26-18-9-5-6-10-19(18)32-25/h5-6,9-15,21,29H,2-4,7-8H2,1H3. The van der Waals surface area contributed by atoms with E-state index in [1.54, 1.807) is 36.3 Å². The zero-order valence-corrected chi connectivity index (χ0v) is 18.6. The molecule has 1 aromatic heterocycles. The second-order valence-corrected chi connectivity index (χ2v) is 9.31. The number of benzene rings is 2. The van der Waals surface area contributed by atoms with Crippen molar-refractivity contribution < 1.29 is 19.4 Å². The maximum absolute atomic E-state index is 13.6. The molecule has 0 spiro atoms. The van der Waals surface area contributed by atoms with Crippen LogP contribution in [0.4, 0.5) is 5.13 Å². The van der Waals surface area contributed by atoms with Crippen molar-refractivity contribution in [2.45, 2.75) is 38.1 Å². The number of hydrogen-bond acceptors (Lipinski definition) is 6. The number of ketones is 1. The van der Waals surface area contributed by atoms with Crippen molar-refractivity contribution in [1.29, 1.82) is 0 Å². The number of aliphatic hydroxyl groups is 1. The van der Waals surface area contributed by atoms with Crippen LogP contribution in [0.5, 0.6) is 5.75 Å². The average Bonchev–Trinajstić information content (AvgIpc) is 3.38. The summed E-state index contributed by atoms with van der Waals surface area (Å²) < 4.78 is 6.16. The fourth-order valence-corrected chi connectivity index (χ4v) is 5.83. The van der Waals surface area contributed by atoms with Gasteiger partial charge in [-0.25, -0.2) is 4.98 Å². The molecule has 2 heterocycles. The smallest absolute Gasteiger partial charge is 0.296 e. The number of rotatable bonds is 5. The highest BCUT2D eigenvalue weighted by atomic mass is 32.1. The summed E-state index contributed by atoms with van der Waals surface area (Å²) in [4.78, 5) is 33.1. The summed E-state index contributed by atoms with van der Waals surface area (Å²) in [6.07, 6.45) is 5.06. The van der Waals surface area contributed by atoms with Crippen molar-refractivity contribution in [3.63, 3.8) is 0 Å². The van der Waals surface area contributed by atoms with E-state index in [0.29, 0.717) is 16.4 Å². The van der Waals surface area contributed by atoms with Crippen LogP contribution in [0.15, 0.2) is 59.9 Å². The van der Waals surface area contributed by atoms with E-state index in [0.717, 1.165) is 42.3 Å². The Labute approximate surface area is 190 Å². The Balaban J connectivity index is 1.59. The molecule has 1 fully saturated rings. The third kappa shape index (κ3) is 3.46. The van der Waals surface area contributed by atoms with Crippen LogP contribution in [-0.4, -0.2) is 34.9 Å². The van der Waals surface area contributed by atoms with Gasteiger partial charge in [-0.1, -0.05) is 42.7 Å². The lowest BCUT2D eigenvalue weighted by Crippen LogP contribution is -2.42. The highest BCUT2D eigenvalue weighted by Gasteiger charge is 2.48. The van der Waals surface area contributed by atoms with Gasteiger partial charge in [-0.2, -0.15) is 0 Å². The molecule has 1 N–H and O–H groups in total. The zero-order chi connectivity index (χ0) is 22.2. The van der Waals surface area contributed by atoms with Gasteiger partial charge in [-0.05, 0) is 55.2 Å². The van der Waals surface area contributed by atoms with Crippen molar-refractivity contribution >= 4 is 38.4 Å². The van der Waals surface area contributed by atoms with Crippen molar-refractivity contribution in [2.24, 2.45) is 5.92 Å². The predicted molar refractivity (Wildman–Crippen MR) is 124 cm³/mol. The Morgan fingerprint density at radius 3 is 2.50 bits per heavy atom. The number of Topliss-reactive ketones (excluding diaryl/α,β-unsaturated/α-hetero) is 1. The molecule has 32 heavy (non-hydrogen) atoms. The summed E-state index contributed by atoms with van der Waals surface area (Å²) in [5.74, 6) is -0.585. The topological polar surface area (TPSA) is 79.7 Å². The Bertz CT molecular complexity index is 1180. The highest BCUT2D eigenvalue weighted by molar-refractivity contribution is 7.22. The van der Waals surface area contributed by atoms with Gasteiger partial charge >= 0.3 is 0 Å². The van der Waals surface area contributed by atoms with Crippen LogP contribution < -0.4 is 9.64 Å². The van der Waals surface area contributed by atoms with Crippen LogP contribution in [0, 0.1) is 5.92 Å². The Kier molecular flexibility index (Phi) is 5.43. The Hall–Kier alpha value is -3.19. The van der Waals surface area contributed by atoms with Gasteiger partial charge in [0.2, 0.25) is 0 Å². The molecule has 3 aromatic rings. The maximum Gasteiger partial charge on any atom is 0.296 e. The Morgan fingerprint density at radius 2 is 1.81 bits per heavy atom. The average molecular weight is 449 g/mol. The minimum absolute atomic E-state index is 0.0987. The van der Waals surface area contributed by atoms with Crippen LogP contribution in [0.1, 0.15) is 42.5 Å². The largest absolute Gasteiger partial charge is 0.503 e. The first-order valence-corrected chi connectivity index (χ1v) is 11.7. The molecular weight excluding hydrogens is 424 g/mol. The molecule has 164 valence electrons. The summed E-state index contributed by atoms with van der Waals surface area (Å²) in [5.41, 5.74) is 1.41. The van der Waals surface area contributed by atoms with Gasteiger partial charge in [0.15, 0.2) is 16.7 Å². The lowest BCUT2D eigenvalue weighted by Gasteiger charge is -2.33. The number of aromatic nitrogens is 1. The van der Waals surface area contributed by atoms with Gasteiger partial charge in [0.25, 0.3) is 5.91 Å².